The Bertz CT molecular complexity index is 754. The number of carbonyl (C=O) groups is 2. The van der Waals surface area contributed by atoms with Crippen molar-refractivity contribution in [2.75, 3.05) is 12.4 Å². The number of hydrogen-bond donors (Lipinski definition) is 2. The molecule has 2 rings (SSSR count). The third kappa shape index (κ3) is 5.34. The highest BCUT2D eigenvalue weighted by molar-refractivity contribution is 5.92. The minimum Gasteiger partial charge on any atom is -0.497 e. The maximum atomic E-state index is 12.6. The van der Waals surface area contributed by atoms with Crippen LogP contribution in [0.25, 0.3) is 0 Å². The zero-order valence-corrected chi connectivity index (χ0v) is 15.7. The van der Waals surface area contributed by atoms with Gasteiger partial charge in [0.15, 0.2) is 0 Å². The van der Waals surface area contributed by atoms with Crippen LogP contribution in [-0.2, 0) is 9.59 Å². The molecule has 0 heterocycles. The average Bonchev–Trinajstić information content (AvgIpc) is 2.61. The molecule has 0 fully saturated rings. The molecule has 5 nitrogen and oxygen atoms in total. The summed E-state index contributed by atoms with van der Waals surface area (Å²) in [6, 6.07) is 14.7. The first kappa shape index (κ1) is 19.5. The largest absolute Gasteiger partial charge is 0.497 e. The van der Waals surface area contributed by atoms with Crippen LogP contribution in [0.4, 0.5) is 5.69 Å². The molecule has 2 N–H and O–H groups in total. The Morgan fingerprint density at radius 3 is 2.27 bits per heavy atom. The molecule has 5 heteroatoms. The minimum atomic E-state index is -0.399. The fourth-order valence-corrected chi connectivity index (χ4v) is 2.83. The van der Waals surface area contributed by atoms with Gasteiger partial charge in [-0.15, -0.1) is 0 Å². The van der Waals surface area contributed by atoms with Gasteiger partial charge in [-0.3, -0.25) is 9.59 Å². The van der Waals surface area contributed by atoms with Gasteiger partial charge in [0.1, 0.15) is 5.75 Å². The van der Waals surface area contributed by atoms with Crippen LogP contribution in [0.3, 0.4) is 0 Å². The Morgan fingerprint density at radius 1 is 1.04 bits per heavy atom. The van der Waals surface area contributed by atoms with Crippen molar-refractivity contribution in [1.82, 2.24) is 5.32 Å². The van der Waals surface area contributed by atoms with Gasteiger partial charge in [-0.2, -0.15) is 0 Å². The first-order valence-electron chi connectivity index (χ1n) is 8.70. The number of carbonyl (C=O) groups excluding carboxylic acids is 2. The van der Waals surface area contributed by atoms with E-state index >= 15 is 0 Å². The lowest BCUT2D eigenvalue weighted by Gasteiger charge is -2.19. The Kier molecular flexibility index (Phi) is 6.78. The molecule has 0 aromatic heterocycles. The Morgan fingerprint density at radius 2 is 1.69 bits per heavy atom. The molecule has 2 aromatic rings. The highest BCUT2D eigenvalue weighted by Gasteiger charge is 2.18. The van der Waals surface area contributed by atoms with E-state index in [9.17, 15) is 9.59 Å². The molecule has 0 unspecified atom stereocenters. The molecular formula is C21H26N2O3. The van der Waals surface area contributed by atoms with Crippen LogP contribution in [0.5, 0.6) is 5.75 Å². The van der Waals surface area contributed by atoms with Crippen LogP contribution >= 0.6 is 0 Å². The molecule has 0 bridgehead atoms. The highest BCUT2D eigenvalue weighted by Crippen LogP contribution is 2.25. The maximum absolute atomic E-state index is 12.6. The van der Waals surface area contributed by atoms with Crippen molar-refractivity contribution < 1.29 is 14.3 Å². The van der Waals surface area contributed by atoms with Crippen molar-refractivity contribution in [2.45, 2.75) is 39.2 Å². The predicted molar refractivity (Wildman–Crippen MR) is 103 cm³/mol. The molecule has 1 atom stereocenters. The number of anilines is 1. The molecule has 0 saturated carbocycles. The lowest BCUT2D eigenvalue weighted by Crippen LogP contribution is -2.29. The normalized spacial score (nSPS) is 11.7. The molecule has 0 aliphatic heterocycles. The van der Waals surface area contributed by atoms with E-state index in [1.165, 1.54) is 6.92 Å². The number of methoxy groups -OCH3 is 1. The molecule has 0 aliphatic carbocycles. The highest BCUT2D eigenvalue weighted by atomic mass is 16.5. The predicted octanol–water partition coefficient (Wildman–Crippen LogP) is 4.02. The maximum Gasteiger partial charge on any atom is 0.226 e. The summed E-state index contributed by atoms with van der Waals surface area (Å²) in [5.41, 5.74) is 2.75. The average molecular weight is 354 g/mol. The zero-order valence-electron chi connectivity index (χ0n) is 15.7. The summed E-state index contributed by atoms with van der Waals surface area (Å²) in [4.78, 5) is 24.2. The van der Waals surface area contributed by atoms with Crippen LogP contribution in [-0.4, -0.2) is 18.9 Å². The number of rotatable bonds is 7. The number of hydrogen-bond acceptors (Lipinski definition) is 3. The molecule has 0 saturated heterocycles. The second-order valence-corrected chi connectivity index (χ2v) is 6.52. The zero-order chi connectivity index (χ0) is 19.1. The summed E-state index contributed by atoms with van der Waals surface area (Å²) >= 11 is 0. The van der Waals surface area contributed by atoms with E-state index in [1.54, 1.807) is 7.11 Å². The molecule has 0 aliphatic rings. The SMILES string of the molecule is COc1ccc([C@H](CC(=O)Nc2ccccc2C(C)C)NC(C)=O)cc1. The van der Waals surface area contributed by atoms with E-state index in [1.807, 2.05) is 48.5 Å². The van der Waals surface area contributed by atoms with E-state index < -0.39 is 6.04 Å². The lowest BCUT2D eigenvalue weighted by molar-refractivity contribution is -0.120. The molecule has 2 amide bonds. The standard InChI is InChI=1S/C21H26N2O3/c1-14(2)18-7-5-6-8-19(18)23-21(25)13-20(22-15(3)24)16-9-11-17(26-4)12-10-16/h5-12,14,20H,13H2,1-4H3,(H,22,24)(H,23,25)/t20-/m0/s1. The minimum absolute atomic E-state index is 0.146. The van der Waals surface area contributed by atoms with Crippen LogP contribution in [0.1, 0.15) is 50.3 Å². The third-order valence-electron chi connectivity index (χ3n) is 4.14. The molecule has 0 radical (unpaired) electrons. The molecule has 0 spiro atoms. The van der Waals surface area contributed by atoms with Gasteiger partial charge in [0.05, 0.1) is 19.6 Å². The topological polar surface area (TPSA) is 67.4 Å². The quantitative estimate of drug-likeness (QED) is 0.789. The van der Waals surface area contributed by atoms with Crippen molar-refractivity contribution >= 4 is 17.5 Å². The summed E-state index contributed by atoms with van der Waals surface area (Å²) in [5.74, 6) is 0.707. The molecule has 26 heavy (non-hydrogen) atoms. The van der Waals surface area contributed by atoms with E-state index in [0.29, 0.717) is 5.92 Å². The fourth-order valence-electron chi connectivity index (χ4n) is 2.83. The Hall–Kier alpha value is -2.82. The van der Waals surface area contributed by atoms with E-state index in [4.69, 9.17) is 4.74 Å². The second kappa shape index (κ2) is 9.04. The van der Waals surface area contributed by atoms with Gasteiger partial charge >= 0.3 is 0 Å². The van der Waals surface area contributed by atoms with E-state index in [2.05, 4.69) is 24.5 Å². The number of amides is 2. The van der Waals surface area contributed by atoms with Crippen LogP contribution in [0.15, 0.2) is 48.5 Å². The van der Waals surface area contributed by atoms with E-state index in [0.717, 1.165) is 22.6 Å². The van der Waals surface area contributed by atoms with Gasteiger partial charge < -0.3 is 15.4 Å². The van der Waals surface area contributed by atoms with Gasteiger partial charge in [0.25, 0.3) is 0 Å². The van der Waals surface area contributed by atoms with Gasteiger partial charge in [-0.1, -0.05) is 44.2 Å². The number of nitrogens with one attached hydrogen (secondary N) is 2. The van der Waals surface area contributed by atoms with Gasteiger partial charge in [-0.25, -0.2) is 0 Å². The summed E-state index contributed by atoms with van der Waals surface area (Å²) in [6.07, 6.45) is 0.151. The first-order chi connectivity index (χ1) is 12.4. The molecule has 2 aromatic carbocycles. The number of benzene rings is 2. The molecular weight excluding hydrogens is 328 g/mol. The summed E-state index contributed by atoms with van der Waals surface area (Å²) < 4.78 is 5.16. The van der Waals surface area contributed by atoms with E-state index in [-0.39, 0.29) is 18.2 Å². The van der Waals surface area contributed by atoms with Gasteiger partial charge in [-0.05, 0) is 35.2 Å². The Labute approximate surface area is 154 Å². The Balaban J connectivity index is 2.15. The third-order valence-corrected chi connectivity index (χ3v) is 4.14. The summed E-state index contributed by atoms with van der Waals surface area (Å²) in [6.45, 7) is 5.62. The smallest absolute Gasteiger partial charge is 0.226 e. The second-order valence-electron chi connectivity index (χ2n) is 6.52. The van der Waals surface area contributed by atoms with Crippen molar-refractivity contribution in [1.29, 1.82) is 0 Å². The van der Waals surface area contributed by atoms with Gasteiger partial charge in [0.2, 0.25) is 11.8 Å². The summed E-state index contributed by atoms with van der Waals surface area (Å²) in [7, 11) is 1.60. The summed E-state index contributed by atoms with van der Waals surface area (Å²) in [5, 5.41) is 5.82. The van der Waals surface area contributed by atoms with Crippen LogP contribution < -0.4 is 15.4 Å². The van der Waals surface area contributed by atoms with Crippen LogP contribution in [0, 0.1) is 0 Å². The van der Waals surface area contributed by atoms with Crippen molar-refractivity contribution in [3.63, 3.8) is 0 Å². The van der Waals surface area contributed by atoms with Crippen molar-refractivity contribution in [3.8, 4) is 5.75 Å². The monoisotopic (exact) mass is 354 g/mol. The van der Waals surface area contributed by atoms with Crippen molar-refractivity contribution in [3.05, 3.63) is 59.7 Å². The number of para-hydroxylation sites is 1. The lowest BCUT2D eigenvalue weighted by atomic mass is 10.00. The molecule has 138 valence electrons. The van der Waals surface area contributed by atoms with Crippen molar-refractivity contribution in [2.24, 2.45) is 0 Å². The fraction of sp³-hybridized carbons (Fsp3) is 0.333. The first-order valence-corrected chi connectivity index (χ1v) is 8.70. The number of ether oxygens (including phenoxy) is 1. The van der Waals surface area contributed by atoms with Gasteiger partial charge in [0, 0.05) is 12.6 Å². The van der Waals surface area contributed by atoms with Crippen LogP contribution in [0.2, 0.25) is 0 Å².